The van der Waals surface area contributed by atoms with E-state index in [-0.39, 0.29) is 10.6 Å². The van der Waals surface area contributed by atoms with E-state index < -0.39 is 64.3 Å². The Bertz CT molecular complexity index is 1980. The van der Waals surface area contributed by atoms with E-state index >= 15 is 0 Å². The molecule has 1 heterocycles. The molecule has 0 saturated carbocycles. The van der Waals surface area contributed by atoms with Gasteiger partial charge < -0.3 is 10.0 Å². The number of carboxylic acid groups (broad SMARTS) is 1. The highest BCUT2D eigenvalue weighted by atomic mass is 32.2. The molecule has 0 saturated heterocycles. The average molecular weight is 683 g/mol. The van der Waals surface area contributed by atoms with Gasteiger partial charge in [0, 0.05) is 35.0 Å². The van der Waals surface area contributed by atoms with Gasteiger partial charge in [0.25, 0.3) is 30.4 Å². The zero-order valence-electron chi connectivity index (χ0n) is 25.0. The van der Waals surface area contributed by atoms with Crippen LogP contribution in [0.2, 0.25) is 0 Å². The fourth-order valence-corrected chi connectivity index (χ4v) is 7.08. The van der Waals surface area contributed by atoms with Crippen molar-refractivity contribution in [2.75, 3.05) is 17.8 Å². The minimum absolute atomic E-state index is 0.275. The van der Waals surface area contributed by atoms with Gasteiger partial charge in [0.05, 0.1) is 16.2 Å². The van der Waals surface area contributed by atoms with Crippen LogP contribution in [0.4, 0.5) is 5.69 Å². The molecule has 3 rings (SSSR count). The Labute approximate surface area is 262 Å². The fourth-order valence-electron chi connectivity index (χ4n) is 5.46. The van der Waals surface area contributed by atoms with Crippen molar-refractivity contribution in [2.45, 2.75) is 54.7 Å². The lowest BCUT2D eigenvalue weighted by Gasteiger charge is -2.31. The van der Waals surface area contributed by atoms with Crippen molar-refractivity contribution in [1.82, 2.24) is 0 Å². The third-order valence-electron chi connectivity index (χ3n) is 7.60. The van der Waals surface area contributed by atoms with Crippen molar-refractivity contribution in [3.05, 3.63) is 89.2 Å². The van der Waals surface area contributed by atoms with Crippen LogP contribution in [-0.4, -0.2) is 68.6 Å². The van der Waals surface area contributed by atoms with Crippen LogP contribution < -0.4 is 4.90 Å². The van der Waals surface area contributed by atoms with E-state index in [4.69, 9.17) is 0 Å². The summed E-state index contributed by atoms with van der Waals surface area (Å²) >= 11 is 0. The van der Waals surface area contributed by atoms with E-state index in [1.807, 2.05) is 0 Å². The van der Waals surface area contributed by atoms with E-state index in [1.165, 1.54) is 48.4 Å². The van der Waals surface area contributed by atoms with Gasteiger partial charge in [0.2, 0.25) is 0 Å². The summed E-state index contributed by atoms with van der Waals surface area (Å²) in [6, 6.07) is 7.57. The fraction of sp³-hybridized carbons (Fsp3) is 0.310. The number of anilines is 1. The summed E-state index contributed by atoms with van der Waals surface area (Å²) in [5.41, 5.74) is -0.0358. The molecule has 1 unspecified atom stereocenters. The van der Waals surface area contributed by atoms with Crippen LogP contribution in [0.3, 0.4) is 0 Å². The van der Waals surface area contributed by atoms with Gasteiger partial charge in [-0.05, 0) is 73.0 Å². The molecule has 0 bridgehead atoms. The van der Waals surface area contributed by atoms with Gasteiger partial charge in [-0.15, -0.1) is 0 Å². The first-order chi connectivity index (χ1) is 20.5. The van der Waals surface area contributed by atoms with Crippen LogP contribution in [0.25, 0.3) is 0 Å². The second kappa shape index (κ2) is 12.6. The first-order valence-electron chi connectivity index (χ1n) is 13.2. The molecule has 0 aliphatic carbocycles. The summed E-state index contributed by atoms with van der Waals surface area (Å²) in [6.45, 7) is 6.68. The van der Waals surface area contributed by atoms with Crippen LogP contribution in [0, 0.1) is 6.92 Å². The number of aliphatic imine (C=N–C) groups is 1. The van der Waals surface area contributed by atoms with Gasteiger partial charge in [-0.2, -0.15) is 25.3 Å². The Morgan fingerprint density at radius 1 is 0.933 bits per heavy atom. The first kappa shape index (κ1) is 35.8. The molecule has 2 aromatic carbocycles. The van der Waals surface area contributed by atoms with E-state index in [0.717, 1.165) is 6.07 Å². The number of hydrogen-bond donors (Lipinski definition) is 4. The normalized spacial score (nSPS) is 18.1. The number of rotatable bonds is 11. The molecule has 1 aliphatic rings. The van der Waals surface area contributed by atoms with Crippen molar-refractivity contribution >= 4 is 47.7 Å². The quantitative estimate of drug-likeness (QED) is 0.151. The molecule has 0 aromatic heterocycles. The second-order valence-electron chi connectivity index (χ2n) is 11.2. The molecule has 45 heavy (non-hydrogen) atoms. The summed E-state index contributed by atoms with van der Waals surface area (Å²) in [5, 5.41) is 9.72. The van der Waals surface area contributed by atoms with Crippen molar-refractivity contribution in [1.29, 1.82) is 0 Å². The summed E-state index contributed by atoms with van der Waals surface area (Å²) < 4.78 is 99.6. The number of carboxylic acids is 1. The third-order valence-corrected chi connectivity index (χ3v) is 9.88. The van der Waals surface area contributed by atoms with Crippen LogP contribution in [0.5, 0.6) is 0 Å². The van der Waals surface area contributed by atoms with Gasteiger partial charge in [0.15, 0.2) is 5.88 Å². The third kappa shape index (κ3) is 7.95. The van der Waals surface area contributed by atoms with Crippen molar-refractivity contribution in [2.24, 2.45) is 4.99 Å². The lowest BCUT2D eigenvalue weighted by molar-refractivity contribution is -0.137. The van der Waals surface area contributed by atoms with Crippen LogP contribution in [0.1, 0.15) is 43.9 Å². The van der Waals surface area contributed by atoms with Gasteiger partial charge >= 0.3 is 5.97 Å². The predicted octanol–water partition coefficient (Wildman–Crippen LogP) is 3.93. The molecule has 244 valence electrons. The molecule has 1 aliphatic heterocycles. The van der Waals surface area contributed by atoms with Gasteiger partial charge in [-0.3, -0.25) is 23.4 Å². The number of aliphatic carboxylic acids is 1. The maximum atomic E-state index is 11.9. The van der Waals surface area contributed by atoms with Crippen molar-refractivity contribution in [3.8, 4) is 0 Å². The topological polar surface area (TPSA) is 216 Å². The highest BCUT2D eigenvalue weighted by Crippen LogP contribution is 2.48. The molecule has 1 atom stereocenters. The summed E-state index contributed by atoms with van der Waals surface area (Å²) in [4.78, 5) is 16.7. The monoisotopic (exact) mass is 682 g/mol. The molecule has 16 heteroatoms. The number of aryl methyl sites for hydroxylation is 1. The number of hydrogen-bond acceptors (Lipinski definition) is 9. The zero-order chi connectivity index (χ0) is 34.2. The molecule has 0 fully saturated rings. The summed E-state index contributed by atoms with van der Waals surface area (Å²) in [7, 11) is -12.2. The van der Waals surface area contributed by atoms with E-state index in [9.17, 15) is 48.8 Å². The Balaban J connectivity index is 2.05. The Hall–Kier alpha value is -3.67. The number of fused-ring (bicyclic) bond motifs is 1. The van der Waals surface area contributed by atoms with Crippen molar-refractivity contribution < 1.29 is 48.8 Å². The van der Waals surface area contributed by atoms with Crippen LogP contribution >= 0.6 is 0 Å². The molecule has 4 N–H and O–H groups in total. The maximum Gasteiger partial charge on any atom is 0.304 e. The number of carbonyl (C=O) groups is 1. The molecular weight excluding hydrogens is 649 g/mol. The first-order valence-corrected chi connectivity index (χ1v) is 17.7. The molecular formula is C29H34N2O11S3. The highest BCUT2D eigenvalue weighted by Gasteiger charge is 2.42. The largest absolute Gasteiger partial charge is 0.481 e. The van der Waals surface area contributed by atoms with Gasteiger partial charge in [0.1, 0.15) is 0 Å². The maximum absolute atomic E-state index is 11.9. The van der Waals surface area contributed by atoms with E-state index in [2.05, 4.69) is 4.99 Å². The Morgan fingerprint density at radius 2 is 1.51 bits per heavy atom. The Kier molecular flexibility index (Phi) is 10.0. The molecule has 0 spiro atoms. The molecule has 0 radical (unpaired) electrons. The van der Waals surface area contributed by atoms with Crippen molar-refractivity contribution in [3.63, 3.8) is 0 Å². The number of allylic oxidation sites excluding steroid dienone is 6. The minimum atomic E-state index is -4.57. The number of nitrogens with zero attached hydrogens (tertiary/aromatic N) is 2. The molecule has 2 aromatic rings. The summed E-state index contributed by atoms with van der Waals surface area (Å²) in [5.74, 6) is -2.00. The lowest BCUT2D eigenvalue weighted by atomic mass is 9.73. The summed E-state index contributed by atoms with van der Waals surface area (Å²) in [6.07, 6.45) is 7.26. The predicted molar refractivity (Wildman–Crippen MR) is 168 cm³/mol. The number of benzene rings is 2. The van der Waals surface area contributed by atoms with Gasteiger partial charge in [-0.25, -0.2) is 0 Å². The van der Waals surface area contributed by atoms with E-state index in [1.54, 1.807) is 52.0 Å². The second-order valence-corrected chi connectivity index (χ2v) is 15.4. The van der Waals surface area contributed by atoms with Crippen LogP contribution in [0.15, 0.2) is 87.3 Å². The zero-order valence-corrected chi connectivity index (χ0v) is 27.5. The highest BCUT2D eigenvalue weighted by molar-refractivity contribution is 7.86. The average Bonchev–Trinajstić information content (AvgIpc) is 3.08. The standard InChI is InChI=1S/C29H34N2O11S3/c1-19-11-12-20(44(37,38)39)15-22(19)29(4,17-27(32)33)25(30-5)9-7-6-8-10-26-28(2,3)23-16-21(45(40,41)42)13-14-24(23)31(26)18-43(34,35)36/h6-16H,17-18H2,1-5H3,(H,32,33)(H,34,35,36)(H,37,38,39)(H,40,41,42)/b8-6+,9-7+,26-10-,30-25+. The lowest BCUT2D eigenvalue weighted by Crippen LogP contribution is -2.35. The smallest absolute Gasteiger partial charge is 0.304 e. The van der Waals surface area contributed by atoms with Crippen LogP contribution in [-0.2, 0) is 46.0 Å². The Morgan fingerprint density at radius 3 is 2.04 bits per heavy atom. The molecule has 0 amide bonds. The SMILES string of the molecule is C\N=C(/C=C/C=C/C=C1\N(CS(=O)(=O)O)c2ccc(S(=O)(=O)O)cc2C1(C)C)C(C)(CC(=O)O)c1cc(S(=O)(=O)O)ccc1C. The minimum Gasteiger partial charge on any atom is -0.481 e. The molecule has 13 nitrogen and oxygen atoms in total. The van der Waals surface area contributed by atoms with E-state index in [0.29, 0.717) is 28.1 Å². The van der Waals surface area contributed by atoms with Gasteiger partial charge in [-0.1, -0.05) is 38.1 Å².